The Bertz CT molecular complexity index is 596. The van der Waals surface area contributed by atoms with Crippen LogP contribution < -0.4 is 10.1 Å². The van der Waals surface area contributed by atoms with Crippen LogP contribution in [0.4, 0.5) is 10.1 Å². The molecule has 0 aromatic heterocycles. The Balaban J connectivity index is 2.05. The molecule has 0 saturated heterocycles. The average Bonchev–Trinajstić information content (AvgIpc) is 2.41. The molecular weight excluding hydrogens is 253 g/mol. The Hall–Kier alpha value is -2.03. The van der Waals surface area contributed by atoms with E-state index in [4.69, 9.17) is 4.74 Å². The predicted octanol–water partition coefficient (Wildman–Crippen LogP) is 4.45. The van der Waals surface area contributed by atoms with Gasteiger partial charge in [0, 0.05) is 18.3 Å². The zero-order valence-electron chi connectivity index (χ0n) is 12.2. The van der Waals surface area contributed by atoms with Gasteiger partial charge in [-0.2, -0.15) is 0 Å². The lowest BCUT2D eigenvalue weighted by atomic mass is 10.1. The van der Waals surface area contributed by atoms with E-state index in [-0.39, 0.29) is 5.82 Å². The maximum absolute atomic E-state index is 13.7. The van der Waals surface area contributed by atoms with Crippen molar-refractivity contribution in [2.24, 2.45) is 0 Å². The van der Waals surface area contributed by atoms with Gasteiger partial charge in [-0.3, -0.25) is 0 Å². The second kappa shape index (κ2) is 6.42. The van der Waals surface area contributed by atoms with Gasteiger partial charge in [0.25, 0.3) is 0 Å². The number of benzene rings is 2. The standard InChI is InChI=1S/C17H20FNO/c1-4-20-17-8-7-15(10-16(17)18)19-11-14-6-5-12(2)9-13(14)3/h5-10,19H,4,11H2,1-3H3. The van der Waals surface area contributed by atoms with E-state index in [0.29, 0.717) is 18.9 Å². The minimum absolute atomic E-state index is 0.296. The first kappa shape index (κ1) is 14.4. The third kappa shape index (κ3) is 3.50. The normalized spacial score (nSPS) is 10.4. The van der Waals surface area contributed by atoms with Gasteiger partial charge < -0.3 is 10.1 Å². The van der Waals surface area contributed by atoms with Crippen LogP contribution in [-0.4, -0.2) is 6.61 Å². The molecule has 2 nitrogen and oxygen atoms in total. The van der Waals surface area contributed by atoms with E-state index in [1.807, 2.05) is 13.0 Å². The first-order valence-electron chi connectivity index (χ1n) is 6.82. The fraction of sp³-hybridized carbons (Fsp3) is 0.294. The molecule has 0 bridgehead atoms. The van der Waals surface area contributed by atoms with E-state index in [0.717, 1.165) is 5.69 Å². The van der Waals surface area contributed by atoms with Crippen LogP contribution in [0, 0.1) is 19.7 Å². The highest BCUT2D eigenvalue weighted by molar-refractivity contribution is 5.48. The van der Waals surface area contributed by atoms with E-state index in [2.05, 4.69) is 37.4 Å². The quantitative estimate of drug-likeness (QED) is 0.868. The summed E-state index contributed by atoms with van der Waals surface area (Å²) in [5.74, 6) is -0.0398. The van der Waals surface area contributed by atoms with Crippen molar-refractivity contribution in [3.8, 4) is 5.75 Å². The number of aryl methyl sites for hydroxylation is 2. The van der Waals surface area contributed by atoms with Crippen LogP contribution in [0.25, 0.3) is 0 Å². The number of ether oxygens (including phenoxy) is 1. The number of hydrogen-bond acceptors (Lipinski definition) is 2. The van der Waals surface area contributed by atoms with Crippen LogP contribution in [0.2, 0.25) is 0 Å². The van der Waals surface area contributed by atoms with Crippen molar-refractivity contribution in [2.75, 3.05) is 11.9 Å². The van der Waals surface area contributed by atoms with E-state index < -0.39 is 0 Å². The zero-order valence-corrected chi connectivity index (χ0v) is 12.2. The van der Waals surface area contributed by atoms with Crippen LogP contribution in [0.15, 0.2) is 36.4 Å². The van der Waals surface area contributed by atoms with Crippen molar-refractivity contribution in [1.82, 2.24) is 0 Å². The topological polar surface area (TPSA) is 21.3 Å². The maximum atomic E-state index is 13.7. The first-order chi connectivity index (χ1) is 9.60. The van der Waals surface area contributed by atoms with Crippen molar-refractivity contribution in [3.63, 3.8) is 0 Å². The summed E-state index contributed by atoms with van der Waals surface area (Å²) in [7, 11) is 0. The molecule has 2 aromatic carbocycles. The van der Waals surface area contributed by atoms with E-state index >= 15 is 0 Å². The van der Waals surface area contributed by atoms with Crippen molar-refractivity contribution < 1.29 is 9.13 Å². The summed E-state index contributed by atoms with van der Waals surface area (Å²) in [6, 6.07) is 11.3. The summed E-state index contributed by atoms with van der Waals surface area (Å²) < 4.78 is 18.9. The minimum Gasteiger partial charge on any atom is -0.491 e. The summed E-state index contributed by atoms with van der Waals surface area (Å²) >= 11 is 0. The molecule has 0 atom stereocenters. The molecule has 2 aromatic rings. The summed E-state index contributed by atoms with van der Waals surface area (Å²) in [6.45, 7) is 7.15. The molecule has 0 fully saturated rings. The van der Waals surface area contributed by atoms with E-state index in [1.165, 1.54) is 22.8 Å². The molecule has 0 heterocycles. The molecule has 2 rings (SSSR count). The molecule has 0 unspecified atom stereocenters. The van der Waals surface area contributed by atoms with E-state index in [9.17, 15) is 4.39 Å². The SMILES string of the molecule is CCOc1ccc(NCc2ccc(C)cc2C)cc1F. The van der Waals surface area contributed by atoms with Crippen LogP contribution >= 0.6 is 0 Å². The monoisotopic (exact) mass is 273 g/mol. The smallest absolute Gasteiger partial charge is 0.167 e. The van der Waals surface area contributed by atoms with Gasteiger partial charge in [0.1, 0.15) is 0 Å². The summed E-state index contributed by atoms with van der Waals surface area (Å²) in [4.78, 5) is 0. The lowest BCUT2D eigenvalue weighted by Gasteiger charge is -2.11. The van der Waals surface area contributed by atoms with Gasteiger partial charge in [0.15, 0.2) is 11.6 Å². The summed E-state index contributed by atoms with van der Waals surface area (Å²) in [5.41, 5.74) is 4.46. The maximum Gasteiger partial charge on any atom is 0.167 e. The Labute approximate surface area is 119 Å². The number of rotatable bonds is 5. The molecule has 20 heavy (non-hydrogen) atoms. The van der Waals surface area contributed by atoms with Gasteiger partial charge >= 0.3 is 0 Å². The van der Waals surface area contributed by atoms with E-state index in [1.54, 1.807) is 6.07 Å². The lowest BCUT2D eigenvalue weighted by molar-refractivity contribution is 0.321. The molecule has 0 aliphatic rings. The van der Waals surface area contributed by atoms with Gasteiger partial charge in [0.05, 0.1) is 6.61 Å². The molecular formula is C17H20FNO. The predicted molar refractivity (Wildman–Crippen MR) is 80.8 cm³/mol. The summed E-state index contributed by atoms with van der Waals surface area (Å²) in [6.07, 6.45) is 0. The molecule has 0 spiro atoms. The molecule has 1 N–H and O–H groups in total. The van der Waals surface area contributed by atoms with Crippen molar-refractivity contribution in [3.05, 3.63) is 58.9 Å². The van der Waals surface area contributed by atoms with Crippen molar-refractivity contribution in [1.29, 1.82) is 0 Å². The lowest BCUT2D eigenvalue weighted by Crippen LogP contribution is -2.02. The fourth-order valence-electron chi connectivity index (χ4n) is 2.12. The molecule has 0 radical (unpaired) electrons. The van der Waals surface area contributed by atoms with Gasteiger partial charge in [-0.1, -0.05) is 23.8 Å². The highest BCUT2D eigenvalue weighted by atomic mass is 19.1. The average molecular weight is 273 g/mol. The van der Waals surface area contributed by atoms with Gasteiger partial charge in [-0.25, -0.2) is 4.39 Å². The number of nitrogens with one attached hydrogen (secondary N) is 1. The first-order valence-corrected chi connectivity index (χ1v) is 6.82. The Morgan fingerprint density at radius 3 is 2.55 bits per heavy atom. The molecule has 0 amide bonds. The van der Waals surface area contributed by atoms with Gasteiger partial charge in [-0.15, -0.1) is 0 Å². The third-order valence-corrected chi connectivity index (χ3v) is 3.21. The number of anilines is 1. The Kier molecular flexibility index (Phi) is 4.61. The van der Waals surface area contributed by atoms with Crippen LogP contribution in [0.3, 0.4) is 0 Å². The molecule has 0 saturated carbocycles. The number of hydrogen-bond donors (Lipinski definition) is 1. The van der Waals surface area contributed by atoms with Crippen LogP contribution in [0.1, 0.15) is 23.6 Å². The largest absolute Gasteiger partial charge is 0.491 e. The molecule has 3 heteroatoms. The van der Waals surface area contributed by atoms with Crippen LogP contribution in [0.5, 0.6) is 5.75 Å². The second-order valence-electron chi connectivity index (χ2n) is 4.86. The van der Waals surface area contributed by atoms with Crippen LogP contribution in [-0.2, 0) is 6.54 Å². The third-order valence-electron chi connectivity index (χ3n) is 3.21. The Morgan fingerprint density at radius 2 is 1.90 bits per heavy atom. The fourth-order valence-corrected chi connectivity index (χ4v) is 2.12. The van der Waals surface area contributed by atoms with Gasteiger partial charge in [0.2, 0.25) is 0 Å². The highest BCUT2D eigenvalue weighted by Gasteiger charge is 2.04. The summed E-state index contributed by atoms with van der Waals surface area (Å²) in [5, 5.41) is 3.24. The zero-order chi connectivity index (χ0) is 14.5. The minimum atomic E-state index is -0.336. The highest BCUT2D eigenvalue weighted by Crippen LogP contribution is 2.22. The Morgan fingerprint density at radius 1 is 1.10 bits per heavy atom. The van der Waals surface area contributed by atoms with Crippen molar-refractivity contribution in [2.45, 2.75) is 27.3 Å². The number of halogens is 1. The van der Waals surface area contributed by atoms with Crippen molar-refractivity contribution >= 4 is 5.69 Å². The molecule has 106 valence electrons. The molecule has 0 aliphatic carbocycles. The molecule has 0 aliphatic heterocycles. The van der Waals surface area contributed by atoms with Gasteiger partial charge in [-0.05, 0) is 44.0 Å². The second-order valence-corrected chi connectivity index (χ2v) is 4.86.